The topological polar surface area (TPSA) is 54.5 Å². The van der Waals surface area contributed by atoms with Gasteiger partial charge < -0.3 is 15.0 Å². The van der Waals surface area contributed by atoms with Crippen LogP contribution in [-0.4, -0.2) is 54.5 Å². The monoisotopic (exact) mass is 329 g/mol. The Bertz CT molecular complexity index is 465. The van der Waals surface area contributed by atoms with E-state index in [9.17, 15) is 4.79 Å². The number of piperazine rings is 1. The lowest BCUT2D eigenvalue weighted by molar-refractivity contribution is 0.103. The molecule has 0 atom stereocenters. The molecule has 0 unspecified atom stereocenters. The number of rotatable bonds is 4. The maximum absolute atomic E-state index is 11.8. The van der Waals surface area contributed by atoms with E-state index in [2.05, 4.69) is 36.5 Å². The molecule has 1 aliphatic heterocycles. The van der Waals surface area contributed by atoms with Gasteiger partial charge in [-0.25, -0.2) is 9.78 Å². The van der Waals surface area contributed by atoms with Crippen molar-refractivity contribution in [3.05, 3.63) is 11.1 Å². The Morgan fingerprint density at radius 3 is 2.81 bits per heavy atom. The predicted octanol–water partition coefficient (Wildman–Crippen LogP) is 2.57. The Kier molecular flexibility index (Phi) is 5.89. The molecule has 0 bridgehead atoms. The number of hydrogen-bond donors (Lipinski definition) is 1. The first kappa shape index (κ1) is 16.6. The molecule has 2 rings (SSSR count). The molecular weight excluding hydrogens is 306 g/mol. The van der Waals surface area contributed by atoms with E-state index in [1.165, 1.54) is 0 Å². The van der Waals surface area contributed by atoms with Crippen molar-refractivity contribution in [1.29, 1.82) is 0 Å². The van der Waals surface area contributed by atoms with Crippen molar-refractivity contribution >= 4 is 29.2 Å². The van der Waals surface area contributed by atoms with E-state index in [4.69, 9.17) is 4.74 Å². The van der Waals surface area contributed by atoms with Gasteiger partial charge in [0.2, 0.25) is 0 Å². The normalized spacial score (nSPS) is 16.0. The Morgan fingerprint density at radius 2 is 2.19 bits per heavy atom. The molecule has 5 nitrogen and oxygen atoms in total. The minimum Gasteiger partial charge on any atom is -0.449 e. The molecule has 1 fully saturated rings. The lowest BCUT2D eigenvalue weighted by atomic mass is 9.93. The largest absolute Gasteiger partial charge is 0.449 e. The molecule has 0 saturated carbocycles. The van der Waals surface area contributed by atoms with Gasteiger partial charge in [-0.2, -0.15) is 0 Å². The van der Waals surface area contributed by atoms with Crippen LogP contribution >= 0.6 is 23.1 Å². The average Bonchev–Trinajstić information content (AvgIpc) is 2.93. The zero-order valence-corrected chi connectivity index (χ0v) is 14.5. The zero-order chi connectivity index (χ0) is 15.3. The molecule has 7 heteroatoms. The van der Waals surface area contributed by atoms with Gasteiger partial charge in [0.1, 0.15) is 10.9 Å². The van der Waals surface area contributed by atoms with Crippen molar-refractivity contribution in [1.82, 2.24) is 15.2 Å². The fourth-order valence-corrected chi connectivity index (χ4v) is 3.81. The number of carbonyl (C=O) groups is 1. The van der Waals surface area contributed by atoms with Gasteiger partial charge in [-0.3, -0.25) is 0 Å². The molecule has 21 heavy (non-hydrogen) atoms. The van der Waals surface area contributed by atoms with Crippen LogP contribution in [0.1, 0.15) is 26.5 Å². The highest BCUT2D eigenvalue weighted by Gasteiger charge is 2.18. The third kappa shape index (κ3) is 5.16. The molecular formula is C14H23N3O2S2. The SMILES string of the molecule is CC(C)(C)c1csc(SCCOC(=O)N2CCNCC2)n1. The van der Waals surface area contributed by atoms with Crippen molar-refractivity contribution in [2.24, 2.45) is 0 Å². The minimum absolute atomic E-state index is 0.0874. The standard InChI is InChI=1S/C14H23N3O2S2/c1-14(2,3)11-10-21-12(16-11)20-9-8-19-13(18)17-6-4-15-5-7-17/h10,15H,4-9H2,1-3H3. The number of aromatic nitrogens is 1. The predicted molar refractivity (Wildman–Crippen MR) is 87.3 cm³/mol. The van der Waals surface area contributed by atoms with Crippen LogP contribution in [0.4, 0.5) is 4.79 Å². The maximum Gasteiger partial charge on any atom is 0.409 e. The lowest BCUT2D eigenvalue weighted by Gasteiger charge is -2.26. The Hall–Kier alpha value is -0.790. The van der Waals surface area contributed by atoms with Crippen LogP contribution in [0, 0.1) is 0 Å². The number of carbonyl (C=O) groups excluding carboxylic acids is 1. The lowest BCUT2D eigenvalue weighted by Crippen LogP contribution is -2.46. The number of amides is 1. The van der Waals surface area contributed by atoms with Gasteiger partial charge in [-0.05, 0) is 0 Å². The van der Waals surface area contributed by atoms with Crippen molar-refractivity contribution in [3.63, 3.8) is 0 Å². The van der Waals surface area contributed by atoms with Gasteiger partial charge in [-0.15, -0.1) is 11.3 Å². The summed E-state index contributed by atoms with van der Waals surface area (Å²) < 4.78 is 6.33. The van der Waals surface area contributed by atoms with E-state index < -0.39 is 0 Å². The van der Waals surface area contributed by atoms with Crippen LogP contribution in [0.15, 0.2) is 9.72 Å². The molecule has 1 aromatic rings. The number of thiazole rings is 1. The fraction of sp³-hybridized carbons (Fsp3) is 0.714. The summed E-state index contributed by atoms with van der Waals surface area (Å²) in [6.45, 7) is 10.1. The van der Waals surface area contributed by atoms with Crippen LogP contribution in [-0.2, 0) is 10.2 Å². The third-order valence-corrected chi connectivity index (χ3v) is 5.15. The van der Waals surface area contributed by atoms with Crippen molar-refractivity contribution < 1.29 is 9.53 Å². The molecule has 0 radical (unpaired) electrons. The number of ether oxygens (including phenoxy) is 1. The van der Waals surface area contributed by atoms with E-state index in [1.54, 1.807) is 28.0 Å². The molecule has 118 valence electrons. The van der Waals surface area contributed by atoms with Crippen LogP contribution in [0.5, 0.6) is 0 Å². The highest BCUT2D eigenvalue weighted by atomic mass is 32.2. The molecule has 1 saturated heterocycles. The third-order valence-electron chi connectivity index (χ3n) is 3.16. The molecule has 1 amide bonds. The Morgan fingerprint density at radius 1 is 1.48 bits per heavy atom. The number of thioether (sulfide) groups is 1. The number of hydrogen-bond acceptors (Lipinski definition) is 6. The number of nitrogens with one attached hydrogen (secondary N) is 1. The highest BCUT2D eigenvalue weighted by molar-refractivity contribution is 8.01. The molecule has 1 N–H and O–H groups in total. The fourth-order valence-electron chi connectivity index (χ4n) is 1.86. The maximum atomic E-state index is 11.8. The van der Waals surface area contributed by atoms with Crippen LogP contribution in [0.2, 0.25) is 0 Å². The quantitative estimate of drug-likeness (QED) is 0.680. The number of nitrogens with zero attached hydrogens (tertiary/aromatic N) is 2. The second kappa shape index (κ2) is 7.47. The van der Waals surface area contributed by atoms with Gasteiger partial charge in [0, 0.05) is 42.7 Å². The highest BCUT2D eigenvalue weighted by Crippen LogP contribution is 2.29. The second-order valence-electron chi connectivity index (χ2n) is 5.95. The summed E-state index contributed by atoms with van der Waals surface area (Å²) in [4.78, 5) is 18.2. The van der Waals surface area contributed by atoms with Crippen LogP contribution in [0.25, 0.3) is 0 Å². The van der Waals surface area contributed by atoms with E-state index in [0.717, 1.165) is 42.0 Å². The molecule has 2 heterocycles. The van der Waals surface area contributed by atoms with Gasteiger partial charge in [0.15, 0.2) is 0 Å². The molecule has 1 aromatic heterocycles. The Balaban J connectivity index is 1.67. The molecule has 0 spiro atoms. The van der Waals surface area contributed by atoms with E-state index in [0.29, 0.717) is 6.61 Å². The minimum atomic E-state index is -0.202. The smallest absolute Gasteiger partial charge is 0.409 e. The zero-order valence-electron chi connectivity index (χ0n) is 12.8. The van der Waals surface area contributed by atoms with Crippen molar-refractivity contribution in [3.8, 4) is 0 Å². The van der Waals surface area contributed by atoms with Gasteiger partial charge >= 0.3 is 6.09 Å². The van der Waals surface area contributed by atoms with Gasteiger partial charge in [0.25, 0.3) is 0 Å². The summed E-state index contributed by atoms with van der Waals surface area (Å²) in [5, 5.41) is 5.32. The van der Waals surface area contributed by atoms with Crippen LogP contribution < -0.4 is 5.32 Å². The van der Waals surface area contributed by atoms with Crippen molar-refractivity contribution in [2.45, 2.75) is 30.5 Å². The van der Waals surface area contributed by atoms with Gasteiger partial charge in [-0.1, -0.05) is 32.5 Å². The summed E-state index contributed by atoms with van der Waals surface area (Å²) in [6.07, 6.45) is -0.202. The second-order valence-corrected chi connectivity index (χ2v) is 8.15. The van der Waals surface area contributed by atoms with Crippen LogP contribution in [0.3, 0.4) is 0 Å². The molecule has 0 aliphatic carbocycles. The summed E-state index contributed by atoms with van der Waals surface area (Å²) in [5.41, 5.74) is 1.21. The summed E-state index contributed by atoms with van der Waals surface area (Å²) >= 11 is 3.30. The first-order valence-corrected chi connectivity index (χ1v) is 9.04. The van der Waals surface area contributed by atoms with Gasteiger partial charge in [0.05, 0.1) is 5.69 Å². The molecule has 1 aliphatic rings. The summed E-state index contributed by atoms with van der Waals surface area (Å²) in [7, 11) is 0. The van der Waals surface area contributed by atoms with Crippen molar-refractivity contribution in [2.75, 3.05) is 38.5 Å². The first-order valence-electron chi connectivity index (χ1n) is 7.18. The summed E-state index contributed by atoms with van der Waals surface area (Å²) in [5.74, 6) is 0.745. The molecule has 0 aromatic carbocycles. The van der Waals surface area contributed by atoms with E-state index >= 15 is 0 Å². The summed E-state index contributed by atoms with van der Waals surface area (Å²) in [6, 6.07) is 0. The first-order chi connectivity index (χ1) is 9.97. The van der Waals surface area contributed by atoms with E-state index in [-0.39, 0.29) is 11.5 Å². The van der Waals surface area contributed by atoms with E-state index in [1.807, 2.05) is 0 Å². The average molecular weight is 329 g/mol. The Labute approximate surface area is 134 Å².